The highest BCUT2D eigenvalue weighted by Crippen LogP contribution is 2.13. The number of nitrogens with one attached hydrogen (secondary N) is 1. The summed E-state index contributed by atoms with van der Waals surface area (Å²) in [6, 6.07) is 6.75. The van der Waals surface area contributed by atoms with Crippen LogP contribution in [0.4, 0.5) is 0 Å². The van der Waals surface area contributed by atoms with Gasteiger partial charge in [-0.1, -0.05) is 0 Å². The zero-order valence-corrected chi connectivity index (χ0v) is 10.2. The molecule has 1 N–H and O–H groups in total. The number of hydrazone groups is 1. The van der Waals surface area contributed by atoms with Crippen molar-refractivity contribution in [3.8, 4) is 0 Å². The molecule has 6 heteroatoms. The van der Waals surface area contributed by atoms with E-state index in [2.05, 4.69) is 31.4 Å². The number of carbonyl (C=O) groups is 1. The molecule has 0 saturated carbocycles. The Kier molecular flexibility index (Phi) is 3.66. The second kappa shape index (κ2) is 5.40. The Morgan fingerprint density at radius 1 is 1.35 bits per heavy atom. The molecule has 86 valence electrons. The van der Waals surface area contributed by atoms with Crippen molar-refractivity contribution in [2.24, 2.45) is 5.10 Å². The summed E-state index contributed by atoms with van der Waals surface area (Å²) in [5.74, 6) is -0.204. The molecule has 2 aromatic rings. The van der Waals surface area contributed by atoms with Crippen LogP contribution in [0.1, 0.15) is 16.1 Å². The van der Waals surface area contributed by atoms with E-state index in [1.165, 1.54) is 6.21 Å². The number of furan rings is 1. The van der Waals surface area contributed by atoms with Crippen molar-refractivity contribution in [2.45, 2.75) is 0 Å². The van der Waals surface area contributed by atoms with Crippen molar-refractivity contribution in [1.29, 1.82) is 0 Å². The van der Waals surface area contributed by atoms with E-state index >= 15 is 0 Å². The lowest BCUT2D eigenvalue weighted by atomic mass is 10.3. The van der Waals surface area contributed by atoms with Gasteiger partial charge in [-0.2, -0.15) is 5.10 Å². The van der Waals surface area contributed by atoms with E-state index in [1.807, 2.05) is 0 Å². The number of amides is 1. The van der Waals surface area contributed by atoms with Crippen LogP contribution in [-0.2, 0) is 0 Å². The van der Waals surface area contributed by atoms with Gasteiger partial charge in [0.1, 0.15) is 0 Å². The SMILES string of the molecule is O=C(N/N=C/c1ccncc1)c1ccc(Br)o1. The maximum Gasteiger partial charge on any atom is 0.307 e. The fourth-order valence-corrected chi connectivity index (χ4v) is 1.41. The topological polar surface area (TPSA) is 67.5 Å². The van der Waals surface area contributed by atoms with Gasteiger partial charge in [0.15, 0.2) is 10.4 Å². The van der Waals surface area contributed by atoms with Gasteiger partial charge < -0.3 is 4.42 Å². The Morgan fingerprint density at radius 2 is 2.12 bits per heavy atom. The molecule has 2 rings (SSSR count). The van der Waals surface area contributed by atoms with Crippen LogP contribution in [0.2, 0.25) is 0 Å². The van der Waals surface area contributed by atoms with Gasteiger partial charge in [0.05, 0.1) is 6.21 Å². The van der Waals surface area contributed by atoms with Gasteiger partial charge in [-0.05, 0) is 45.8 Å². The molecule has 0 saturated heterocycles. The third-order valence-corrected chi connectivity index (χ3v) is 2.31. The van der Waals surface area contributed by atoms with Gasteiger partial charge in [-0.15, -0.1) is 0 Å². The highest BCUT2D eigenvalue weighted by Gasteiger charge is 2.08. The average molecular weight is 294 g/mol. The maximum atomic E-state index is 11.5. The van der Waals surface area contributed by atoms with Crippen molar-refractivity contribution in [3.63, 3.8) is 0 Å². The molecule has 0 unspecified atom stereocenters. The van der Waals surface area contributed by atoms with E-state index in [-0.39, 0.29) is 5.76 Å². The summed E-state index contributed by atoms with van der Waals surface area (Å²) < 4.78 is 5.57. The number of halogens is 1. The smallest absolute Gasteiger partial charge is 0.307 e. The molecule has 0 bridgehead atoms. The molecule has 0 spiro atoms. The van der Waals surface area contributed by atoms with E-state index in [9.17, 15) is 4.79 Å². The van der Waals surface area contributed by atoms with Crippen LogP contribution in [0.5, 0.6) is 0 Å². The second-order valence-electron chi connectivity index (χ2n) is 3.08. The number of carbonyl (C=O) groups excluding carboxylic acids is 1. The number of nitrogens with zero attached hydrogens (tertiary/aromatic N) is 2. The molecule has 0 aliphatic heterocycles. The van der Waals surface area contributed by atoms with Gasteiger partial charge in [0, 0.05) is 12.4 Å². The molecule has 0 radical (unpaired) electrons. The van der Waals surface area contributed by atoms with Crippen molar-refractivity contribution < 1.29 is 9.21 Å². The molecular formula is C11H8BrN3O2. The lowest BCUT2D eigenvalue weighted by Gasteiger charge is -1.95. The van der Waals surface area contributed by atoms with E-state index in [0.717, 1.165) is 5.56 Å². The zero-order chi connectivity index (χ0) is 12.1. The van der Waals surface area contributed by atoms with E-state index in [4.69, 9.17) is 4.42 Å². The lowest BCUT2D eigenvalue weighted by Crippen LogP contribution is -2.16. The highest BCUT2D eigenvalue weighted by molar-refractivity contribution is 9.10. The summed E-state index contributed by atoms with van der Waals surface area (Å²) in [6.45, 7) is 0. The van der Waals surface area contributed by atoms with Gasteiger partial charge >= 0.3 is 5.91 Å². The number of hydrogen-bond acceptors (Lipinski definition) is 4. The van der Waals surface area contributed by atoms with E-state index < -0.39 is 5.91 Å². The lowest BCUT2D eigenvalue weighted by molar-refractivity contribution is 0.0926. The fourth-order valence-electron chi connectivity index (χ4n) is 1.11. The predicted octanol–water partition coefficient (Wildman–Crippen LogP) is 2.20. The number of hydrogen-bond donors (Lipinski definition) is 1. The first-order valence-electron chi connectivity index (χ1n) is 4.74. The first kappa shape index (κ1) is 11.5. The van der Waals surface area contributed by atoms with Crippen LogP contribution in [0, 0.1) is 0 Å². The number of aromatic nitrogens is 1. The Bertz CT molecular complexity index is 537. The van der Waals surface area contributed by atoms with Gasteiger partial charge in [-0.3, -0.25) is 9.78 Å². The molecule has 0 aliphatic carbocycles. The molecule has 17 heavy (non-hydrogen) atoms. The predicted molar refractivity (Wildman–Crippen MR) is 65.7 cm³/mol. The summed E-state index contributed by atoms with van der Waals surface area (Å²) in [5.41, 5.74) is 3.20. The first-order valence-corrected chi connectivity index (χ1v) is 5.54. The second-order valence-corrected chi connectivity index (χ2v) is 3.87. The van der Waals surface area contributed by atoms with Gasteiger partial charge in [-0.25, -0.2) is 5.43 Å². The molecule has 2 heterocycles. The van der Waals surface area contributed by atoms with Gasteiger partial charge in [0.25, 0.3) is 0 Å². The molecule has 0 aliphatic rings. The van der Waals surface area contributed by atoms with E-state index in [1.54, 1.807) is 36.7 Å². The molecule has 0 fully saturated rings. The maximum absolute atomic E-state index is 11.5. The van der Waals surface area contributed by atoms with Gasteiger partial charge in [0.2, 0.25) is 0 Å². The molecule has 1 amide bonds. The molecular weight excluding hydrogens is 286 g/mol. The highest BCUT2D eigenvalue weighted by atomic mass is 79.9. The molecule has 5 nitrogen and oxygen atoms in total. The summed E-state index contributed by atoms with van der Waals surface area (Å²) in [7, 11) is 0. The van der Waals surface area contributed by atoms with Crippen LogP contribution >= 0.6 is 15.9 Å². The molecule has 0 atom stereocenters. The van der Waals surface area contributed by atoms with Crippen molar-refractivity contribution >= 4 is 28.1 Å². The third-order valence-electron chi connectivity index (χ3n) is 1.88. The summed E-state index contributed by atoms with van der Waals surface area (Å²) in [5, 5.41) is 3.80. The largest absolute Gasteiger partial charge is 0.444 e. The van der Waals surface area contributed by atoms with Crippen LogP contribution in [0.3, 0.4) is 0 Å². The van der Waals surface area contributed by atoms with Crippen LogP contribution in [0.15, 0.2) is 50.8 Å². The Labute approximate surface area is 106 Å². The van der Waals surface area contributed by atoms with Crippen molar-refractivity contribution in [1.82, 2.24) is 10.4 Å². The Balaban J connectivity index is 1.95. The number of pyridine rings is 1. The summed E-state index contributed by atoms with van der Waals surface area (Å²) >= 11 is 3.11. The number of rotatable bonds is 3. The fraction of sp³-hybridized carbons (Fsp3) is 0. The third kappa shape index (κ3) is 3.25. The monoisotopic (exact) mass is 293 g/mol. The molecule has 0 aromatic carbocycles. The Morgan fingerprint density at radius 3 is 2.76 bits per heavy atom. The minimum atomic E-state index is -0.402. The normalized spacial score (nSPS) is 10.6. The van der Waals surface area contributed by atoms with Crippen LogP contribution in [0.25, 0.3) is 0 Å². The quantitative estimate of drug-likeness (QED) is 0.697. The summed E-state index contributed by atoms with van der Waals surface area (Å²) in [4.78, 5) is 15.4. The minimum absolute atomic E-state index is 0.198. The zero-order valence-electron chi connectivity index (χ0n) is 8.63. The molecule has 2 aromatic heterocycles. The average Bonchev–Trinajstić information content (AvgIpc) is 2.77. The standard InChI is InChI=1S/C11H8BrN3O2/c12-10-2-1-9(17-10)11(16)15-14-7-8-3-5-13-6-4-8/h1-7H,(H,15,16)/b14-7+. The van der Waals surface area contributed by atoms with Crippen LogP contribution < -0.4 is 5.43 Å². The minimum Gasteiger partial charge on any atom is -0.444 e. The van der Waals surface area contributed by atoms with E-state index in [0.29, 0.717) is 4.67 Å². The summed E-state index contributed by atoms with van der Waals surface area (Å²) in [6.07, 6.45) is 4.82. The first-order chi connectivity index (χ1) is 8.25. The van der Waals surface area contributed by atoms with Crippen molar-refractivity contribution in [2.75, 3.05) is 0 Å². The van der Waals surface area contributed by atoms with Crippen molar-refractivity contribution in [3.05, 3.63) is 52.7 Å². The Hall–Kier alpha value is -1.95. The van der Waals surface area contributed by atoms with Crippen LogP contribution in [-0.4, -0.2) is 17.1 Å².